The molecule has 35 heavy (non-hydrogen) atoms. The second kappa shape index (κ2) is 10.7. The van der Waals surface area contributed by atoms with Crippen LogP contribution < -0.4 is 5.32 Å². The molecular formula is C27H32ClN5OS. The van der Waals surface area contributed by atoms with E-state index in [9.17, 15) is 0 Å². The molecule has 1 N–H and O–H groups in total. The van der Waals surface area contributed by atoms with Gasteiger partial charge in [0.25, 0.3) is 0 Å². The molecule has 0 spiro atoms. The first-order valence-corrected chi connectivity index (χ1v) is 13.0. The van der Waals surface area contributed by atoms with E-state index in [4.69, 9.17) is 33.5 Å². The molecule has 0 bridgehead atoms. The highest BCUT2D eigenvalue weighted by Gasteiger charge is 2.41. The molecule has 2 aliphatic heterocycles. The molecule has 2 fully saturated rings. The Balaban J connectivity index is 1.47. The fourth-order valence-corrected chi connectivity index (χ4v) is 5.89. The van der Waals surface area contributed by atoms with Crippen molar-refractivity contribution in [2.24, 2.45) is 0 Å². The summed E-state index contributed by atoms with van der Waals surface area (Å²) in [7, 11) is 0. The van der Waals surface area contributed by atoms with Crippen LogP contribution in [0.2, 0.25) is 5.02 Å². The SMILES string of the molecule is Cc1cc([C@H]2[C@@H](c3ccccn3)NC(=S)N2CCCN2CCOCC2)c(C)n1-c1cccc(Cl)c1. The minimum Gasteiger partial charge on any atom is -0.379 e. The quantitative estimate of drug-likeness (QED) is 0.460. The summed E-state index contributed by atoms with van der Waals surface area (Å²) in [6.45, 7) is 9.92. The van der Waals surface area contributed by atoms with Crippen LogP contribution in [0.3, 0.4) is 0 Å². The number of nitrogens with zero attached hydrogens (tertiary/aromatic N) is 4. The second-order valence-electron chi connectivity index (χ2n) is 9.27. The lowest BCUT2D eigenvalue weighted by atomic mass is 9.96. The van der Waals surface area contributed by atoms with Crippen molar-refractivity contribution in [3.8, 4) is 5.69 Å². The van der Waals surface area contributed by atoms with Gasteiger partial charge in [0.2, 0.25) is 0 Å². The molecule has 0 amide bonds. The lowest BCUT2D eigenvalue weighted by Gasteiger charge is -2.30. The molecule has 2 saturated heterocycles. The maximum absolute atomic E-state index is 6.33. The summed E-state index contributed by atoms with van der Waals surface area (Å²) in [6.07, 6.45) is 2.90. The van der Waals surface area contributed by atoms with E-state index in [1.807, 2.05) is 36.5 Å². The number of nitrogens with one attached hydrogen (secondary N) is 1. The molecule has 0 aliphatic carbocycles. The fourth-order valence-electron chi connectivity index (χ4n) is 5.37. The molecule has 0 saturated carbocycles. The monoisotopic (exact) mass is 509 g/mol. The highest BCUT2D eigenvalue weighted by molar-refractivity contribution is 7.80. The van der Waals surface area contributed by atoms with Crippen LogP contribution in [0, 0.1) is 13.8 Å². The highest BCUT2D eigenvalue weighted by atomic mass is 35.5. The summed E-state index contributed by atoms with van der Waals surface area (Å²) in [5.74, 6) is 0. The Hall–Kier alpha value is -2.45. The number of rotatable bonds is 7. The van der Waals surface area contributed by atoms with Crippen LogP contribution in [-0.2, 0) is 4.74 Å². The molecule has 2 atom stereocenters. The second-order valence-corrected chi connectivity index (χ2v) is 10.1. The number of hydrogen-bond acceptors (Lipinski definition) is 4. The van der Waals surface area contributed by atoms with Crippen molar-refractivity contribution in [3.63, 3.8) is 0 Å². The van der Waals surface area contributed by atoms with Gasteiger partial charge in [-0.05, 0) is 74.4 Å². The maximum Gasteiger partial charge on any atom is 0.170 e. The third-order valence-electron chi connectivity index (χ3n) is 7.03. The third kappa shape index (κ3) is 5.09. The lowest BCUT2D eigenvalue weighted by Crippen LogP contribution is -2.39. The van der Waals surface area contributed by atoms with E-state index >= 15 is 0 Å². The number of aromatic nitrogens is 2. The molecule has 0 unspecified atom stereocenters. The summed E-state index contributed by atoms with van der Waals surface area (Å²) in [4.78, 5) is 9.53. The van der Waals surface area contributed by atoms with Gasteiger partial charge in [-0.1, -0.05) is 23.7 Å². The van der Waals surface area contributed by atoms with E-state index in [0.717, 1.165) is 67.3 Å². The molecule has 6 nitrogen and oxygen atoms in total. The zero-order valence-electron chi connectivity index (χ0n) is 20.3. The Bertz CT molecular complexity index is 1180. The Morgan fingerprint density at radius 3 is 2.66 bits per heavy atom. The lowest BCUT2D eigenvalue weighted by molar-refractivity contribution is 0.0365. The fraction of sp³-hybridized carbons (Fsp3) is 0.407. The van der Waals surface area contributed by atoms with Crippen LogP contribution in [-0.4, -0.2) is 63.9 Å². The number of morpholine rings is 1. The molecule has 5 rings (SSSR count). The Morgan fingerprint density at radius 1 is 1.09 bits per heavy atom. The first-order chi connectivity index (χ1) is 17.0. The van der Waals surface area contributed by atoms with Gasteiger partial charge >= 0.3 is 0 Å². The number of hydrogen-bond donors (Lipinski definition) is 1. The number of ether oxygens (including phenoxy) is 1. The normalized spacial score (nSPS) is 20.9. The maximum atomic E-state index is 6.33. The molecule has 2 aliphatic rings. The van der Waals surface area contributed by atoms with Crippen LogP contribution in [0.25, 0.3) is 5.69 Å². The van der Waals surface area contributed by atoms with Gasteiger partial charge in [-0.15, -0.1) is 0 Å². The van der Waals surface area contributed by atoms with Gasteiger partial charge in [-0.25, -0.2) is 0 Å². The van der Waals surface area contributed by atoms with Crippen molar-refractivity contribution < 1.29 is 4.74 Å². The minimum atomic E-state index is -0.0135. The smallest absolute Gasteiger partial charge is 0.170 e. The van der Waals surface area contributed by atoms with Crippen molar-refractivity contribution in [3.05, 3.63) is 82.4 Å². The van der Waals surface area contributed by atoms with Gasteiger partial charge < -0.3 is 19.5 Å². The molecule has 8 heteroatoms. The van der Waals surface area contributed by atoms with Crippen molar-refractivity contribution in [2.75, 3.05) is 39.4 Å². The average molecular weight is 510 g/mol. The molecular weight excluding hydrogens is 478 g/mol. The summed E-state index contributed by atoms with van der Waals surface area (Å²) in [6, 6.07) is 16.4. The van der Waals surface area contributed by atoms with Crippen LogP contribution in [0.5, 0.6) is 0 Å². The van der Waals surface area contributed by atoms with E-state index in [1.165, 1.54) is 17.0 Å². The number of benzene rings is 1. The predicted octanol–water partition coefficient (Wildman–Crippen LogP) is 4.84. The van der Waals surface area contributed by atoms with Crippen molar-refractivity contribution in [2.45, 2.75) is 32.4 Å². The summed E-state index contributed by atoms with van der Waals surface area (Å²) in [5, 5.41) is 5.12. The van der Waals surface area contributed by atoms with Gasteiger partial charge in [0.1, 0.15) is 0 Å². The summed E-state index contributed by atoms with van der Waals surface area (Å²) < 4.78 is 7.79. The van der Waals surface area contributed by atoms with E-state index < -0.39 is 0 Å². The van der Waals surface area contributed by atoms with Gasteiger partial charge in [-0.2, -0.15) is 0 Å². The average Bonchev–Trinajstić information content (AvgIpc) is 3.35. The number of halogens is 1. The predicted molar refractivity (Wildman–Crippen MR) is 144 cm³/mol. The Morgan fingerprint density at radius 2 is 1.91 bits per heavy atom. The molecule has 0 radical (unpaired) electrons. The third-order valence-corrected chi connectivity index (χ3v) is 7.62. The topological polar surface area (TPSA) is 45.6 Å². The summed E-state index contributed by atoms with van der Waals surface area (Å²) in [5.41, 5.74) is 5.70. The van der Waals surface area contributed by atoms with Crippen LogP contribution >= 0.6 is 23.8 Å². The molecule has 4 heterocycles. The number of aryl methyl sites for hydroxylation is 1. The first-order valence-electron chi connectivity index (χ1n) is 12.3. The molecule has 184 valence electrons. The van der Waals surface area contributed by atoms with E-state index in [-0.39, 0.29) is 12.1 Å². The first kappa shape index (κ1) is 24.3. The Kier molecular flexibility index (Phi) is 7.39. The standard InChI is InChI=1S/C27H32ClN5OS/c1-19-17-23(20(2)33(19)22-8-5-7-21(28)18-22)26-25(24-9-3-4-10-29-24)30-27(35)32(26)12-6-11-31-13-15-34-16-14-31/h3-5,7-10,17-18,25-26H,6,11-16H2,1-2H3,(H,30,35)/t25-,26+/m1/s1. The largest absolute Gasteiger partial charge is 0.379 e. The highest BCUT2D eigenvalue weighted by Crippen LogP contribution is 2.41. The zero-order chi connectivity index (χ0) is 24.4. The number of pyridine rings is 1. The molecule has 2 aromatic heterocycles. The summed E-state index contributed by atoms with van der Waals surface area (Å²) >= 11 is 12.2. The van der Waals surface area contributed by atoms with Gasteiger partial charge in [0, 0.05) is 54.5 Å². The van der Waals surface area contributed by atoms with Crippen LogP contribution in [0.15, 0.2) is 54.7 Å². The van der Waals surface area contributed by atoms with Crippen molar-refractivity contribution in [1.29, 1.82) is 0 Å². The van der Waals surface area contributed by atoms with Crippen molar-refractivity contribution in [1.82, 2.24) is 24.7 Å². The number of thiocarbonyl (C=S) groups is 1. The van der Waals surface area contributed by atoms with Gasteiger partial charge in [0.05, 0.1) is 31.0 Å². The van der Waals surface area contributed by atoms with Gasteiger partial charge in [0.15, 0.2) is 5.11 Å². The van der Waals surface area contributed by atoms with Crippen LogP contribution in [0.4, 0.5) is 0 Å². The van der Waals surface area contributed by atoms with Crippen molar-refractivity contribution >= 4 is 28.9 Å². The zero-order valence-corrected chi connectivity index (χ0v) is 21.9. The van der Waals surface area contributed by atoms with E-state index in [1.54, 1.807) is 0 Å². The minimum absolute atomic E-state index is 0.0135. The van der Waals surface area contributed by atoms with Gasteiger partial charge in [-0.3, -0.25) is 9.88 Å². The molecule has 1 aromatic carbocycles. The van der Waals surface area contributed by atoms with E-state index in [0.29, 0.717) is 0 Å². The van der Waals surface area contributed by atoms with E-state index in [2.05, 4.69) is 51.7 Å². The Labute approximate surface area is 217 Å². The van der Waals surface area contributed by atoms with Crippen LogP contribution in [0.1, 0.15) is 41.1 Å². The molecule has 3 aromatic rings.